The van der Waals surface area contributed by atoms with Crippen LogP contribution < -0.4 is 5.73 Å². The maximum atomic E-state index is 11.0. The summed E-state index contributed by atoms with van der Waals surface area (Å²) in [6.45, 7) is 1.03. The first-order chi connectivity index (χ1) is 7.25. The van der Waals surface area contributed by atoms with E-state index in [-0.39, 0.29) is 0 Å². The number of rotatable bonds is 1. The number of hydrogen-bond acceptors (Lipinski definition) is 2. The summed E-state index contributed by atoms with van der Waals surface area (Å²) in [6.07, 6.45) is 2.19. The van der Waals surface area contributed by atoms with Gasteiger partial charge in [0.1, 0.15) is 5.82 Å². The Balaban J connectivity index is 2.26. The Bertz CT molecular complexity index is 556. The fourth-order valence-corrected chi connectivity index (χ4v) is 2.17. The molecule has 0 saturated heterocycles. The van der Waals surface area contributed by atoms with Crippen molar-refractivity contribution in [2.45, 2.75) is 19.4 Å². The summed E-state index contributed by atoms with van der Waals surface area (Å²) < 4.78 is 2.21. The number of nitrogens with two attached hydrogens (primary N) is 1. The molecule has 0 aliphatic carbocycles. The molecule has 0 radical (unpaired) electrons. The minimum atomic E-state index is -0.398. The summed E-state index contributed by atoms with van der Waals surface area (Å²) in [7, 11) is 0. The lowest BCUT2D eigenvalue weighted by atomic mass is 10.2. The molecule has 0 fully saturated rings. The molecule has 4 heteroatoms. The number of aromatic nitrogens is 2. The van der Waals surface area contributed by atoms with Crippen molar-refractivity contribution >= 4 is 16.9 Å². The van der Waals surface area contributed by atoms with Gasteiger partial charge in [-0.25, -0.2) is 4.98 Å². The standard InChI is InChI=1S/C11H11N3O/c12-11(15)7-3-4-9-8(6-7)13-10-2-1-5-14(9)10/h3-4,6H,1-2,5H2,(H2,12,15). The lowest BCUT2D eigenvalue weighted by Crippen LogP contribution is -2.10. The number of hydrogen-bond donors (Lipinski definition) is 1. The zero-order valence-electron chi connectivity index (χ0n) is 8.23. The largest absolute Gasteiger partial charge is 0.366 e. The van der Waals surface area contributed by atoms with Gasteiger partial charge >= 0.3 is 0 Å². The average Bonchev–Trinajstić information content (AvgIpc) is 2.75. The monoisotopic (exact) mass is 201 g/mol. The summed E-state index contributed by atoms with van der Waals surface area (Å²) in [6, 6.07) is 5.46. The molecule has 3 rings (SSSR count). The van der Waals surface area contributed by atoms with E-state index in [1.165, 1.54) is 0 Å². The van der Waals surface area contributed by atoms with Crippen molar-refractivity contribution in [2.75, 3.05) is 0 Å². The van der Waals surface area contributed by atoms with Crippen molar-refractivity contribution in [1.82, 2.24) is 9.55 Å². The third kappa shape index (κ3) is 1.14. The van der Waals surface area contributed by atoms with Crippen molar-refractivity contribution in [3.8, 4) is 0 Å². The molecule has 0 saturated carbocycles. The lowest BCUT2D eigenvalue weighted by Gasteiger charge is -1.98. The van der Waals surface area contributed by atoms with E-state index in [0.717, 1.165) is 36.2 Å². The Morgan fingerprint density at radius 3 is 3.13 bits per heavy atom. The molecule has 0 unspecified atom stereocenters. The van der Waals surface area contributed by atoms with Crippen molar-refractivity contribution in [3.63, 3.8) is 0 Å². The van der Waals surface area contributed by atoms with Gasteiger partial charge in [0.15, 0.2) is 0 Å². The quantitative estimate of drug-likeness (QED) is 0.750. The Morgan fingerprint density at radius 2 is 2.33 bits per heavy atom. The molecule has 76 valence electrons. The molecule has 1 amide bonds. The lowest BCUT2D eigenvalue weighted by molar-refractivity contribution is 0.100. The van der Waals surface area contributed by atoms with Gasteiger partial charge in [0, 0.05) is 18.5 Å². The number of carbonyl (C=O) groups is 1. The van der Waals surface area contributed by atoms with Crippen LogP contribution >= 0.6 is 0 Å². The summed E-state index contributed by atoms with van der Waals surface area (Å²) in [4.78, 5) is 15.5. The van der Waals surface area contributed by atoms with E-state index in [1.54, 1.807) is 12.1 Å². The fraction of sp³-hybridized carbons (Fsp3) is 0.273. The van der Waals surface area contributed by atoms with Crippen molar-refractivity contribution in [1.29, 1.82) is 0 Å². The third-order valence-corrected chi connectivity index (χ3v) is 2.89. The SMILES string of the molecule is NC(=O)c1ccc2c(c1)nc1n2CCC1. The zero-order chi connectivity index (χ0) is 10.4. The average molecular weight is 201 g/mol. The molecule has 1 aliphatic rings. The molecule has 2 aromatic rings. The third-order valence-electron chi connectivity index (χ3n) is 2.89. The van der Waals surface area contributed by atoms with Crippen molar-refractivity contribution in [2.24, 2.45) is 5.73 Å². The van der Waals surface area contributed by atoms with Gasteiger partial charge in [0.2, 0.25) is 5.91 Å². The fourth-order valence-electron chi connectivity index (χ4n) is 2.17. The smallest absolute Gasteiger partial charge is 0.248 e. The highest BCUT2D eigenvalue weighted by molar-refractivity contribution is 5.96. The predicted octanol–water partition coefficient (Wildman–Crippen LogP) is 1.08. The molecule has 0 atom stereocenters. The zero-order valence-corrected chi connectivity index (χ0v) is 8.23. The minimum Gasteiger partial charge on any atom is -0.366 e. The second-order valence-corrected chi connectivity index (χ2v) is 3.85. The molecule has 4 nitrogen and oxygen atoms in total. The number of carbonyl (C=O) groups excluding carboxylic acids is 1. The summed E-state index contributed by atoms with van der Waals surface area (Å²) >= 11 is 0. The number of benzene rings is 1. The van der Waals surface area contributed by atoms with Gasteiger partial charge in [-0.3, -0.25) is 4.79 Å². The van der Waals surface area contributed by atoms with E-state index in [0.29, 0.717) is 5.56 Å². The van der Waals surface area contributed by atoms with Crippen LogP contribution in [0.4, 0.5) is 0 Å². The van der Waals surface area contributed by atoms with Crippen LogP contribution in [0.25, 0.3) is 11.0 Å². The van der Waals surface area contributed by atoms with E-state index in [1.807, 2.05) is 6.07 Å². The van der Waals surface area contributed by atoms with Gasteiger partial charge in [-0.2, -0.15) is 0 Å². The van der Waals surface area contributed by atoms with E-state index < -0.39 is 5.91 Å². The van der Waals surface area contributed by atoms with Crippen LogP contribution in [0.5, 0.6) is 0 Å². The first-order valence-electron chi connectivity index (χ1n) is 5.05. The van der Waals surface area contributed by atoms with E-state index in [4.69, 9.17) is 5.73 Å². The van der Waals surface area contributed by atoms with Gasteiger partial charge in [0.25, 0.3) is 0 Å². The number of nitrogens with zero attached hydrogens (tertiary/aromatic N) is 2. The second-order valence-electron chi connectivity index (χ2n) is 3.85. The first kappa shape index (κ1) is 8.47. The number of amides is 1. The minimum absolute atomic E-state index is 0.398. The van der Waals surface area contributed by atoms with E-state index in [2.05, 4.69) is 9.55 Å². The number of imidazole rings is 1. The molecule has 1 aromatic carbocycles. The Hall–Kier alpha value is -1.84. The summed E-state index contributed by atoms with van der Waals surface area (Å²) in [5, 5.41) is 0. The predicted molar refractivity (Wildman–Crippen MR) is 56.6 cm³/mol. The normalized spacial score (nSPS) is 14.4. The van der Waals surface area contributed by atoms with E-state index >= 15 is 0 Å². The van der Waals surface area contributed by atoms with Crippen LogP contribution in [0.1, 0.15) is 22.6 Å². The molecule has 1 aliphatic heterocycles. The molecule has 2 heterocycles. The van der Waals surface area contributed by atoms with Crippen LogP contribution in [0.3, 0.4) is 0 Å². The molecule has 0 spiro atoms. The van der Waals surface area contributed by atoms with Crippen LogP contribution in [-0.2, 0) is 13.0 Å². The van der Waals surface area contributed by atoms with Crippen LogP contribution in [0, 0.1) is 0 Å². The Kier molecular flexibility index (Phi) is 1.59. The van der Waals surface area contributed by atoms with Crippen molar-refractivity contribution < 1.29 is 4.79 Å². The summed E-state index contributed by atoms with van der Waals surface area (Å²) in [5.74, 6) is 0.719. The molecular formula is C11H11N3O. The maximum Gasteiger partial charge on any atom is 0.248 e. The molecule has 2 N–H and O–H groups in total. The highest BCUT2D eigenvalue weighted by Gasteiger charge is 2.16. The Labute approximate surface area is 86.7 Å². The second kappa shape index (κ2) is 2.82. The van der Waals surface area contributed by atoms with Crippen LogP contribution in [0.15, 0.2) is 18.2 Å². The molecular weight excluding hydrogens is 190 g/mol. The number of fused-ring (bicyclic) bond motifs is 3. The Morgan fingerprint density at radius 1 is 1.47 bits per heavy atom. The van der Waals surface area contributed by atoms with Gasteiger partial charge in [-0.15, -0.1) is 0 Å². The molecule has 15 heavy (non-hydrogen) atoms. The maximum absolute atomic E-state index is 11.0. The highest BCUT2D eigenvalue weighted by Crippen LogP contribution is 2.23. The molecule has 0 bridgehead atoms. The highest BCUT2D eigenvalue weighted by atomic mass is 16.1. The number of primary amides is 1. The van der Waals surface area contributed by atoms with Crippen LogP contribution in [0.2, 0.25) is 0 Å². The summed E-state index contributed by atoms with van der Waals surface area (Å²) in [5.41, 5.74) is 7.73. The van der Waals surface area contributed by atoms with Gasteiger partial charge in [-0.1, -0.05) is 0 Å². The van der Waals surface area contributed by atoms with Crippen molar-refractivity contribution in [3.05, 3.63) is 29.6 Å². The van der Waals surface area contributed by atoms with Gasteiger partial charge in [0.05, 0.1) is 11.0 Å². The van der Waals surface area contributed by atoms with Crippen LogP contribution in [-0.4, -0.2) is 15.5 Å². The topological polar surface area (TPSA) is 60.9 Å². The van der Waals surface area contributed by atoms with Gasteiger partial charge in [-0.05, 0) is 24.6 Å². The first-order valence-corrected chi connectivity index (χ1v) is 5.05. The van der Waals surface area contributed by atoms with E-state index in [9.17, 15) is 4.79 Å². The van der Waals surface area contributed by atoms with Gasteiger partial charge < -0.3 is 10.3 Å². The molecule has 1 aromatic heterocycles. The number of aryl methyl sites for hydroxylation is 2.